The van der Waals surface area contributed by atoms with Crippen molar-refractivity contribution in [3.05, 3.63) is 0 Å². The minimum absolute atomic E-state index is 0.0119. The van der Waals surface area contributed by atoms with Gasteiger partial charge in [0.05, 0.1) is 13.0 Å². The van der Waals surface area contributed by atoms with Crippen LogP contribution in [0.4, 0.5) is 0 Å². The fourth-order valence-electron chi connectivity index (χ4n) is 0.741. The summed E-state index contributed by atoms with van der Waals surface area (Å²) in [6.07, 6.45) is 1.89. The zero-order chi connectivity index (χ0) is 10.3. The summed E-state index contributed by atoms with van der Waals surface area (Å²) in [5, 5.41) is 17.8. The van der Waals surface area contributed by atoms with E-state index >= 15 is 0 Å². The highest BCUT2D eigenvalue weighted by Crippen LogP contribution is 2.07. The molecule has 4 heteroatoms. The van der Waals surface area contributed by atoms with Crippen molar-refractivity contribution in [2.75, 3.05) is 6.61 Å². The molecule has 0 radical (unpaired) electrons. The van der Waals surface area contributed by atoms with Crippen molar-refractivity contribution in [3.8, 4) is 0 Å². The van der Waals surface area contributed by atoms with Crippen LogP contribution in [0.25, 0.3) is 0 Å². The molecule has 0 aliphatic rings. The lowest BCUT2D eigenvalue weighted by molar-refractivity contribution is -0.163. The Labute approximate surface area is 78.5 Å². The number of esters is 1. The quantitative estimate of drug-likeness (QED) is 0.369. The molecule has 0 heterocycles. The molecule has 0 saturated carbocycles. The van der Waals surface area contributed by atoms with Crippen LogP contribution in [0.2, 0.25) is 0 Å². The Bertz CT molecular complexity index is 148. The molecule has 0 aromatic carbocycles. The summed E-state index contributed by atoms with van der Waals surface area (Å²) in [5.41, 5.74) is 0. The Balaban J connectivity index is 3.41. The van der Waals surface area contributed by atoms with Crippen molar-refractivity contribution in [1.82, 2.24) is 0 Å². The maximum absolute atomic E-state index is 10.9. The van der Waals surface area contributed by atoms with E-state index in [0.29, 0.717) is 6.61 Å². The molecular formula is C9H18O4. The van der Waals surface area contributed by atoms with E-state index in [9.17, 15) is 4.79 Å². The van der Waals surface area contributed by atoms with Gasteiger partial charge in [0.2, 0.25) is 0 Å². The number of aliphatic hydroxyl groups is 2. The van der Waals surface area contributed by atoms with Crippen molar-refractivity contribution in [3.63, 3.8) is 0 Å². The molecular weight excluding hydrogens is 172 g/mol. The first-order valence-electron chi connectivity index (χ1n) is 4.56. The lowest BCUT2D eigenvalue weighted by atomic mass is 10.2. The third-order valence-corrected chi connectivity index (χ3v) is 1.56. The largest absolute Gasteiger partial charge is 0.466 e. The van der Waals surface area contributed by atoms with E-state index in [4.69, 9.17) is 14.9 Å². The lowest BCUT2D eigenvalue weighted by Gasteiger charge is -2.14. The molecule has 78 valence electrons. The average molecular weight is 190 g/mol. The number of hydrogen-bond acceptors (Lipinski definition) is 4. The van der Waals surface area contributed by atoms with E-state index in [2.05, 4.69) is 0 Å². The first-order chi connectivity index (χ1) is 5.95. The Hall–Kier alpha value is -0.610. The molecule has 0 aliphatic heterocycles. The summed E-state index contributed by atoms with van der Waals surface area (Å²) >= 11 is 0. The predicted octanol–water partition coefficient (Wildman–Crippen LogP) is 0.811. The van der Waals surface area contributed by atoms with Crippen LogP contribution in [0.15, 0.2) is 0 Å². The third-order valence-electron chi connectivity index (χ3n) is 1.56. The number of rotatable bonds is 6. The van der Waals surface area contributed by atoms with Gasteiger partial charge in [0, 0.05) is 6.42 Å². The summed E-state index contributed by atoms with van der Waals surface area (Å²) in [6, 6.07) is 0. The Morgan fingerprint density at radius 1 is 1.46 bits per heavy atom. The van der Waals surface area contributed by atoms with Crippen molar-refractivity contribution in [2.24, 2.45) is 0 Å². The van der Waals surface area contributed by atoms with Gasteiger partial charge in [-0.15, -0.1) is 0 Å². The number of unbranched alkanes of at least 4 members (excludes halogenated alkanes) is 1. The second-order valence-corrected chi connectivity index (χ2v) is 3.29. The zero-order valence-electron chi connectivity index (χ0n) is 8.25. The third kappa shape index (κ3) is 9.30. The monoisotopic (exact) mass is 190 g/mol. The minimum atomic E-state index is -1.77. The number of carbonyl (C=O) groups is 1. The number of carbonyl (C=O) groups excluding carboxylic acids is 1. The number of hydrogen-bond donors (Lipinski definition) is 2. The molecule has 13 heavy (non-hydrogen) atoms. The summed E-state index contributed by atoms with van der Waals surface area (Å²) in [4.78, 5) is 10.9. The van der Waals surface area contributed by atoms with Crippen molar-refractivity contribution in [1.29, 1.82) is 0 Å². The van der Waals surface area contributed by atoms with Crippen LogP contribution < -0.4 is 0 Å². The molecule has 0 atom stereocenters. The molecule has 0 amide bonds. The molecule has 0 bridgehead atoms. The van der Waals surface area contributed by atoms with Gasteiger partial charge in [-0.2, -0.15) is 0 Å². The molecule has 0 rings (SSSR count). The maximum atomic E-state index is 10.9. The Morgan fingerprint density at radius 3 is 2.54 bits per heavy atom. The Morgan fingerprint density at radius 2 is 2.08 bits per heavy atom. The van der Waals surface area contributed by atoms with Gasteiger partial charge in [-0.25, -0.2) is 0 Å². The summed E-state index contributed by atoms with van der Waals surface area (Å²) in [6.45, 7) is 3.67. The topological polar surface area (TPSA) is 66.8 Å². The molecule has 0 fully saturated rings. The van der Waals surface area contributed by atoms with Crippen LogP contribution in [0.1, 0.15) is 39.5 Å². The lowest BCUT2D eigenvalue weighted by Crippen LogP contribution is -2.24. The SMILES string of the molecule is CCCCOC(=O)CCC(C)(O)O. The highest BCUT2D eigenvalue weighted by atomic mass is 16.5. The van der Waals surface area contributed by atoms with Gasteiger partial charge >= 0.3 is 5.97 Å². The zero-order valence-corrected chi connectivity index (χ0v) is 8.25. The fourth-order valence-corrected chi connectivity index (χ4v) is 0.741. The van der Waals surface area contributed by atoms with Crippen molar-refractivity contribution < 1.29 is 19.7 Å². The van der Waals surface area contributed by atoms with E-state index in [0.717, 1.165) is 12.8 Å². The second-order valence-electron chi connectivity index (χ2n) is 3.29. The standard InChI is InChI=1S/C9H18O4/c1-3-4-7-13-8(10)5-6-9(2,11)12/h11-12H,3-7H2,1-2H3. The van der Waals surface area contributed by atoms with E-state index < -0.39 is 5.79 Å². The smallest absolute Gasteiger partial charge is 0.305 e. The van der Waals surface area contributed by atoms with E-state index in [1.54, 1.807) is 0 Å². The normalized spacial score (nSPS) is 11.4. The maximum Gasteiger partial charge on any atom is 0.305 e. The van der Waals surface area contributed by atoms with Gasteiger partial charge in [-0.05, 0) is 13.3 Å². The van der Waals surface area contributed by atoms with E-state index in [-0.39, 0.29) is 18.8 Å². The summed E-state index contributed by atoms with van der Waals surface area (Å²) in [7, 11) is 0. The van der Waals surface area contributed by atoms with Gasteiger partial charge in [0.1, 0.15) is 0 Å². The van der Waals surface area contributed by atoms with Crippen LogP contribution in [-0.2, 0) is 9.53 Å². The van der Waals surface area contributed by atoms with Crippen LogP contribution in [0, 0.1) is 0 Å². The molecule has 0 spiro atoms. The first kappa shape index (κ1) is 12.4. The van der Waals surface area contributed by atoms with E-state index in [1.165, 1.54) is 6.92 Å². The molecule has 0 aromatic heterocycles. The highest BCUT2D eigenvalue weighted by Gasteiger charge is 2.17. The average Bonchev–Trinajstić information content (AvgIpc) is 2.00. The summed E-state index contributed by atoms with van der Waals surface area (Å²) in [5.74, 6) is -2.15. The minimum Gasteiger partial charge on any atom is -0.466 e. The van der Waals surface area contributed by atoms with Gasteiger partial charge in [-0.3, -0.25) is 4.79 Å². The van der Waals surface area contributed by atoms with Gasteiger partial charge < -0.3 is 14.9 Å². The molecule has 4 nitrogen and oxygen atoms in total. The van der Waals surface area contributed by atoms with Crippen molar-refractivity contribution in [2.45, 2.75) is 45.3 Å². The van der Waals surface area contributed by atoms with Crippen LogP contribution in [0.3, 0.4) is 0 Å². The number of ether oxygens (including phenoxy) is 1. The molecule has 0 unspecified atom stereocenters. The molecule has 2 N–H and O–H groups in total. The second kappa shape index (κ2) is 5.94. The van der Waals surface area contributed by atoms with Crippen LogP contribution >= 0.6 is 0 Å². The molecule has 0 aliphatic carbocycles. The predicted molar refractivity (Wildman–Crippen MR) is 47.9 cm³/mol. The van der Waals surface area contributed by atoms with Gasteiger partial charge in [0.15, 0.2) is 5.79 Å². The molecule has 0 aromatic rings. The fraction of sp³-hybridized carbons (Fsp3) is 0.889. The van der Waals surface area contributed by atoms with Gasteiger partial charge in [0.25, 0.3) is 0 Å². The first-order valence-corrected chi connectivity index (χ1v) is 4.56. The van der Waals surface area contributed by atoms with Crippen LogP contribution in [0.5, 0.6) is 0 Å². The molecule has 0 saturated heterocycles. The summed E-state index contributed by atoms with van der Waals surface area (Å²) < 4.78 is 4.82. The Kier molecular flexibility index (Phi) is 5.66. The van der Waals surface area contributed by atoms with Crippen molar-refractivity contribution >= 4 is 5.97 Å². The highest BCUT2D eigenvalue weighted by molar-refractivity contribution is 5.69. The van der Waals surface area contributed by atoms with Gasteiger partial charge in [-0.1, -0.05) is 13.3 Å². The van der Waals surface area contributed by atoms with E-state index in [1.807, 2.05) is 6.92 Å². The van der Waals surface area contributed by atoms with Crippen LogP contribution in [-0.4, -0.2) is 28.6 Å².